The SMILES string of the molecule is O=C(/C=C/c1c(Cl)nc2ccccn12)NCc1ccccc1C[NH+]1CCCCC1. The van der Waals surface area contributed by atoms with Crippen molar-refractivity contribution in [3.63, 3.8) is 0 Å². The molecule has 1 amide bonds. The normalized spacial score (nSPS) is 15.2. The maximum Gasteiger partial charge on any atom is 0.244 e. The first-order valence-electron chi connectivity index (χ1n) is 10.2. The highest BCUT2D eigenvalue weighted by Gasteiger charge is 2.15. The van der Waals surface area contributed by atoms with Gasteiger partial charge in [-0.05, 0) is 43.0 Å². The zero-order valence-corrected chi connectivity index (χ0v) is 17.2. The van der Waals surface area contributed by atoms with Gasteiger partial charge in [0.2, 0.25) is 5.91 Å². The number of rotatable bonds is 6. The van der Waals surface area contributed by atoms with Crippen LogP contribution in [0.15, 0.2) is 54.7 Å². The van der Waals surface area contributed by atoms with E-state index in [1.54, 1.807) is 11.0 Å². The summed E-state index contributed by atoms with van der Waals surface area (Å²) in [5, 5.41) is 3.38. The van der Waals surface area contributed by atoms with Gasteiger partial charge in [-0.2, -0.15) is 0 Å². The molecule has 3 aromatic rings. The third-order valence-corrected chi connectivity index (χ3v) is 5.77. The van der Waals surface area contributed by atoms with Gasteiger partial charge in [-0.15, -0.1) is 0 Å². The van der Waals surface area contributed by atoms with Crippen molar-refractivity contribution in [1.82, 2.24) is 14.7 Å². The van der Waals surface area contributed by atoms with Crippen LogP contribution in [0, 0.1) is 0 Å². The summed E-state index contributed by atoms with van der Waals surface area (Å²) in [6.45, 7) is 4.03. The Morgan fingerprint density at radius 2 is 1.86 bits per heavy atom. The van der Waals surface area contributed by atoms with Crippen LogP contribution >= 0.6 is 11.6 Å². The summed E-state index contributed by atoms with van der Waals surface area (Å²) < 4.78 is 1.86. The molecule has 4 rings (SSSR count). The molecule has 1 fully saturated rings. The maximum atomic E-state index is 12.4. The summed E-state index contributed by atoms with van der Waals surface area (Å²) in [6.07, 6.45) is 9.08. The molecule has 0 bridgehead atoms. The number of hydrogen-bond donors (Lipinski definition) is 2. The van der Waals surface area contributed by atoms with Gasteiger partial charge < -0.3 is 10.2 Å². The number of quaternary nitrogens is 1. The standard InChI is InChI=1S/C23H25ClN4O/c24-23-20(28-15-7-4-10-21(28)26-23)11-12-22(29)25-16-18-8-2-3-9-19(18)17-27-13-5-1-6-14-27/h2-4,7-12,15H,1,5-6,13-14,16-17H2,(H,25,29)/p+1/b12-11+. The minimum absolute atomic E-state index is 0.146. The van der Waals surface area contributed by atoms with E-state index in [4.69, 9.17) is 11.6 Å². The predicted octanol–water partition coefficient (Wildman–Crippen LogP) is 2.89. The van der Waals surface area contributed by atoms with Gasteiger partial charge in [-0.1, -0.05) is 41.9 Å². The number of amides is 1. The molecule has 1 aromatic carbocycles. The highest BCUT2D eigenvalue weighted by molar-refractivity contribution is 6.31. The van der Waals surface area contributed by atoms with Gasteiger partial charge in [0.25, 0.3) is 0 Å². The van der Waals surface area contributed by atoms with Crippen LogP contribution in [0.2, 0.25) is 5.15 Å². The Morgan fingerprint density at radius 1 is 1.10 bits per heavy atom. The van der Waals surface area contributed by atoms with Crippen LogP contribution in [0.4, 0.5) is 0 Å². The number of hydrogen-bond acceptors (Lipinski definition) is 2. The monoisotopic (exact) mass is 409 g/mol. The van der Waals surface area contributed by atoms with Crippen LogP contribution in [0.1, 0.15) is 36.1 Å². The van der Waals surface area contributed by atoms with E-state index >= 15 is 0 Å². The Kier molecular flexibility index (Phi) is 6.27. The molecule has 0 atom stereocenters. The molecule has 0 saturated carbocycles. The van der Waals surface area contributed by atoms with Crippen molar-refractivity contribution in [2.24, 2.45) is 0 Å². The molecule has 2 N–H and O–H groups in total. The lowest BCUT2D eigenvalue weighted by Crippen LogP contribution is -3.11. The molecule has 0 aliphatic carbocycles. The topological polar surface area (TPSA) is 50.8 Å². The van der Waals surface area contributed by atoms with Gasteiger partial charge >= 0.3 is 0 Å². The van der Waals surface area contributed by atoms with Gasteiger partial charge in [0.05, 0.1) is 18.8 Å². The van der Waals surface area contributed by atoms with Crippen LogP contribution in [-0.2, 0) is 17.9 Å². The van der Waals surface area contributed by atoms with Gasteiger partial charge in [0, 0.05) is 24.4 Å². The Balaban J connectivity index is 1.39. The highest BCUT2D eigenvalue weighted by atomic mass is 35.5. The molecule has 6 heteroatoms. The molecule has 29 heavy (non-hydrogen) atoms. The number of pyridine rings is 1. The first kappa shape index (κ1) is 19.7. The minimum atomic E-state index is -0.146. The van der Waals surface area contributed by atoms with E-state index < -0.39 is 0 Å². The minimum Gasteiger partial charge on any atom is -0.348 e. The molecule has 0 radical (unpaired) electrons. The Labute approximate surface area is 176 Å². The van der Waals surface area contributed by atoms with Crippen molar-refractivity contribution in [3.05, 3.63) is 76.7 Å². The van der Waals surface area contributed by atoms with E-state index in [1.165, 1.54) is 49.6 Å². The number of likely N-dealkylation sites (tertiary alicyclic amines) is 1. The molecule has 1 aliphatic heterocycles. The molecule has 150 valence electrons. The Hall–Kier alpha value is -2.63. The molecule has 1 saturated heterocycles. The van der Waals surface area contributed by atoms with Gasteiger partial charge in [0.15, 0.2) is 5.15 Å². The molecule has 0 unspecified atom stereocenters. The zero-order valence-electron chi connectivity index (χ0n) is 16.4. The summed E-state index contributed by atoms with van der Waals surface area (Å²) in [6, 6.07) is 14.1. The molecule has 1 aliphatic rings. The van der Waals surface area contributed by atoms with E-state index in [0.717, 1.165) is 12.2 Å². The number of halogens is 1. The number of nitrogens with zero attached hydrogens (tertiary/aromatic N) is 2. The third kappa shape index (κ3) is 4.86. The molecule has 0 spiro atoms. The maximum absolute atomic E-state index is 12.4. The van der Waals surface area contributed by atoms with E-state index in [-0.39, 0.29) is 5.91 Å². The smallest absolute Gasteiger partial charge is 0.244 e. The van der Waals surface area contributed by atoms with Crippen molar-refractivity contribution >= 4 is 29.2 Å². The number of fused-ring (bicyclic) bond motifs is 1. The summed E-state index contributed by atoms with van der Waals surface area (Å²) in [5.41, 5.74) is 3.96. The first-order valence-corrected chi connectivity index (χ1v) is 10.6. The van der Waals surface area contributed by atoms with E-state index in [9.17, 15) is 4.79 Å². The van der Waals surface area contributed by atoms with Crippen LogP contribution in [-0.4, -0.2) is 28.4 Å². The first-order chi connectivity index (χ1) is 14.2. The lowest BCUT2D eigenvalue weighted by molar-refractivity contribution is -0.918. The zero-order chi connectivity index (χ0) is 20.1. The van der Waals surface area contributed by atoms with Crippen molar-refractivity contribution in [2.75, 3.05) is 13.1 Å². The van der Waals surface area contributed by atoms with Gasteiger partial charge in [-0.25, -0.2) is 4.98 Å². The average Bonchev–Trinajstić information content (AvgIpc) is 3.07. The van der Waals surface area contributed by atoms with Crippen LogP contribution in [0.3, 0.4) is 0 Å². The molecule has 5 nitrogen and oxygen atoms in total. The summed E-state index contributed by atoms with van der Waals surface area (Å²) in [7, 11) is 0. The number of benzene rings is 1. The molecular weight excluding hydrogens is 384 g/mol. The Morgan fingerprint density at radius 3 is 2.69 bits per heavy atom. The fourth-order valence-electron chi connectivity index (χ4n) is 3.93. The average molecular weight is 410 g/mol. The summed E-state index contributed by atoms with van der Waals surface area (Å²) in [5.74, 6) is -0.146. The van der Waals surface area contributed by atoms with Crippen LogP contribution in [0.5, 0.6) is 0 Å². The third-order valence-electron chi connectivity index (χ3n) is 5.49. The second-order valence-corrected chi connectivity index (χ2v) is 7.88. The van der Waals surface area contributed by atoms with Gasteiger partial charge in [0.1, 0.15) is 12.2 Å². The number of imidazole rings is 1. The molecule has 2 aromatic heterocycles. The fourth-order valence-corrected chi connectivity index (χ4v) is 4.17. The van der Waals surface area contributed by atoms with Crippen molar-refractivity contribution in [1.29, 1.82) is 0 Å². The highest BCUT2D eigenvalue weighted by Crippen LogP contribution is 2.18. The fraction of sp³-hybridized carbons (Fsp3) is 0.304. The van der Waals surface area contributed by atoms with Crippen molar-refractivity contribution < 1.29 is 9.69 Å². The second-order valence-electron chi connectivity index (χ2n) is 7.52. The summed E-state index contributed by atoms with van der Waals surface area (Å²) >= 11 is 6.22. The van der Waals surface area contributed by atoms with Crippen molar-refractivity contribution in [2.45, 2.75) is 32.4 Å². The number of piperidine rings is 1. The van der Waals surface area contributed by atoms with E-state index in [2.05, 4.69) is 28.5 Å². The number of aromatic nitrogens is 2. The molecule has 3 heterocycles. The molecular formula is C23H26ClN4O+. The second kappa shape index (κ2) is 9.25. The number of carbonyl (C=O) groups is 1. The lowest BCUT2D eigenvalue weighted by Gasteiger charge is -2.24. The van der Waals surface area contributed by atoms with Crippen LogP contribution < -0.4 is 10.2 Å². The lowest BCUT2D eigenvalue weighted by atomic mass is 10.0. The summed E-state index contributed by atoms with van der Waals surface area (Å²) in [4.78, 5) is 18.3. The van der Waals surface area contributed by atoms with Crippen LogP contribution in [0.25, 0.3) is 11.7 Å². The Bertz CT molecular complexity index is 1020. The van der Waals surface area contributed by atoms with E-state index in [1.807, 2.05) is 34.9 Å². The quantitative estimate of drug-likeness (QED) is 0.615. The largest absolute Gasteiger partial charge is 0.348 e. The van der Waals surface area contributed by atoms with E-state index in [0.29, 0.717) is 17.4 Å². The van der Waals surface area contributed by atoms with Gasteiger partial charge in [-0.3, -0.25) is 9.20 Å². The predicted molar refractivity (Wildman–Crippen MR) is 116 cm³/mol. The van der Waals surface area contributed by atoms with Crippen molar-refractivity contribution in [3.8, 4) is 0 Å². The number of nitrogens with one attached hydrogen (secondary N) is 2. The number of carbonyl (C=O) groups excluding carboxylic acids is 1.